The molecule has 8 heteroatoms. The Hall–Kier alpha value is -2.94. The van der Waals surface area contributed by atoms with Crippen molar-refractivity contribution in [3.63, 3.8) is 0 Å². The minimum absolute atomic E-state index is 0.0834. The molecule has 3 rings (SSSR count). The van der Waals surface area contributed by atoms with Gasteiger partial charge in [-0.3, -0.25) is 4.99 Å². The summed E-state index contributed by atoms with van der Waals surface area (Å²) in [6.45, 7) is 8.64. The van der Waals surface area contributed by atoms with Crippen molar-refractivity contribution >= 4 is 24.7 Å². The van der Waals surface area contributed by atoms with Gasteiger partial charge in [-0.05, 0) is 54.7 Å². The lowest BCUT2D eigenvalue weighted by Crippen LogP contribution is -2.37. The van der Waals surface area contributed by atoms with Crippen molar-refractivity contribution in [1.29, 1.82) is 0 Å². The van der Waals surface area contributed by atoms with Gasteiger partial charge in [0.05, 0.1) is 17.3 Å². The van der Waals surface area contributed by atoms with Crippen LogP contribution in [0.3, 0.4) is 0 Å². The lowest BCUT2D eigenvalue weighted by Gasteiger charge is -2.14. The Morgan fingerprint density at radius 3 is 2.59 bits per heavy atom. The molecule has 0 saturated carbocycles. The highest BCUT2D eigenvalue weighted by Crippen LogP contribution is 2.25. The first kappa shape index (κ1) is 23.7. The standard InChI is InChI=1S/C24H32N4O3Si/c1-32(2,3)15-14-30-18-26-23(10-11-25)19-4-6-21(7-5-19)31-22-8-9-24-20(16-22)17-27-28(24)12-13-29/h4-11,16-17,29H,12-15,18H2,1-3H3,(H2,25,26)/p+1. The zero-order valence-corrected chi connectivity index (χ0v) is 20.0. The van der Waals surface area contributed by atoms with Crippen LogP contribution < -0.4 is 15.2 Å². The summed E-state index contributed by atoms with van der Waals surface area (Å²) in [6, 6.07) is 14.7. The number of aromatic amines is 1. The molecule has 0 saturated heterocycles. The SMILES string of the molecule is C[Si](C)(C)CCOC/N=C(/C=C\N)c1ccc(Oc2ccc3c(c[nH][n+]3CCO)c2)cc1. The number of H-pyrrole nitrogens is 1. The van der Waals surface area contributed by atoms with Crippen LogP contribution in [0.1, 0.15) is 5.56 Å². The van der Waals surface area contributed by atoms with Crippen molar-refractivity contribution in [2.24, 2.45) is 10.7 Å². The van der Waals surface area contributed by atoms with Gasteiger partial charge < -0.3 is 20.3 Å². The van der Waals surface area contributed by atoms with E-state index in [2.05, 4.69) is 29.7 Å². The van der Waals surface area contributed by atoms with Gasteiger partial charge in [0.25, 0.3) is 0 Å². The number of aliphatic imine (C=N–C) groups is 1. The minimum atomic E-state index is -1.10. The van der Waals surface area contributed by atoms with Gasteiger partial charge in [0.1, 0.15) is 24.8 Å². The second kappa shape index (κ2) is 11.1. The van der Waals surface area contributed by atoms with Crippen molar-refractivity contribution in [3.05, 3.63) is 66.5 Å². The van der Waals surface area contributed by atoms with Crippen molar-refractivity contribution in [2.75, 3.05) is 19.9 Å². The number of nitrogens with two attached hydrogens (primary N) is 1. The molecular formula is C24H33N4O3Si+. The van der Waals surface area contributed by atoms with Gasteiger partial charge in [-0.15, -0.1) is 4.68 Å². The molecule has 4 N–H and O–H groups in total. The maximum Gasteiger partial charge on any atom is 0.238 e. The Morgan fingerprint density at radius 1 is 1.16 bits per heavy atom. The van der Waals surface area contributed by atoms with Crippen LogP contribution in [0.5, 0.6) is 11.5 Å². The van der Waals surface area contributed by atoms with E-state index in [1.54, 1.807) is 6.08 Å². The summed E-state index contributed by atoms with van der Waals surface area (Å²) >= 11 is 0. The number of hydrogen-bond acceptors (Lipinski definition) is 5. The number of fused-ring (bicyclic) bond motifs is 1. The molecule has 0 bridgehead atoms. The first-order chi connectivity index (χ1) is 15.4. The lowest BCUT2D eigenvalue weighted by molar-refractivity contribution is -0.727. The third kappa shape index (κ3) is 6.78. The molecule has 1 heterocycles. The van der Waals surface area contributed by atoms with Crippen LogP contribution in [-0.2, 0) is 11.3 Å². The lowest BCUT2D eigenvalue weighted by atomic mass is 10.1. The highest BCUT2D eigenvalue weighted by atomic mass is 28.3. The summed E-state index contributed by atoms with van der Waals surface area (Å²) in [5.41, 5.74) is 8.35. The van der Waals surface area contributed by atoms with E-state index in [0.717, 1.165) is 46.3 Å². The summed E-state index contributed by atoms with van der Waals surface area (Å²) in [7, 11) is -1.10. The Morgan fingerprint density at radius 2 is 1.91 bits per heavy atom. The summed E-state index contributed by atoms with van der Waals surface area (Å²) in [5.74, 6) is 1.47. The van der Waals surface area contributed by atoms with Gasteiger partial charge in [-0.25, -0.2) is 0 Å². The number of aliphatic hydroxyl groups excluding tert-OH is 1. The molecule has 0 amide bonds. The zero-order valence-electron chi connectivity index (χ0n) is 19.0. The number of nitrogens with zero attached hydrogens (tertiary/aromatic N) is 2. The van der Waals surface area contributed by atoms with Crippen LogP contribution >= 0.6 is 0 Å². The molecule has 0 spiro atoms. The van der Waals surface area contributed by atoms with Crippen LogP contribution in [0.2, 0.25) is 25.7 Å². The van der Waals surface area contributed by atoms with E-state index in [4.69, 9.17) is 20.3 Å². The van der Waals surface area contributed by atoms with Gasteiger partial charge >= 0.3 is 0 Å². The maximum absolute atomic E-state index is 9.15. The fourth-order valence-corrected chi connectivity index (χ4v) is 3.94. The number of benzene rings is 2. The van der Waals surface area contributed by atoms with E-state index in [1.807, 2.05) is 53.3 Å². The molecule has 0 unspecified atom stereocenters. The highest BCUT2D eigenvalue weighted by Gasteiger charge is 2.13. The summed E-state index contributed by atoms with van der Waals surface area (Å²) < 4.78 is 13.6. The molecule has 0 atom stereocenters. The molecule has 0 fully saturated rings. The van der Waals surface area contributed by atoms with Gasteiger partial charge in [0.15, 0.2) is 6.54 Å². The van der Waals surface area contributed by atoms with Gasteiger partial charge in [-0.2, -0.15) is 5.10 Å². The minimum Gasteiger partial charge on any atom is -0.457 e. The third-order valence-corrected chi connectivity index (χ3v) is 6.66. The van der Waals surface area contributed by atoms with E-state index in [1.165, 1.54) is 6.20 Å². The van der Waals surface area contributed by atoms with E-state index in [0.29, 0.717) is 13.3 Å². The first-order valence-electron chi connectivity index (χ1n) is 10.8. The summed E-state index contributed by atoms with van der Waals surface area (Å²) in [4.78, 5) is 4.55. The summed E-state index contributed by atoms with van der Waals surface area (Å²) in [6.07, 6.45) is 5.16. The zero-order chi connectivity index (χ0) is 23.0. The van der Waals surface area contributed by atoms with Gasteiger partial charge in [0.2, 0.25) is 5.52 Å². The molecular weight excluding hydrogens is 420 g/mol. The van der Waals surface area contributed by atoms with Crippen molar-refractivity contribution < 1.29 is 19.3 Å². The fourth-order valence-electron chi connectivity index (χ4n) is 3.18. The Labute approximate surface area is 190 Å². The fraction of sp³-hybridized carbons (Fsp3) is 0.333. The number of aliphatic hydroxyl groups is 1. The second-order valence-electron chi connectivity index (χ2n) is 8.75. The average Bonchev–Trinajstić information content (AvgIpc) is 3.15. The Kier molecular flexibility index (Phi) is 8.21. The van der Waals surface area contributed by atoms with Crippen LogP contribution in [0.15, 0.2) is 65.9 Å². The molecule has 0 aliphatic heterocycles. The quantitative estimate of drug-likeness (QED) is 0.178. The van der Waals surface area contributed by atoms with E-state index >= 15 is 0 Å². The van der Waals surface area contributed by atoms with Crippen LogP contribution in [0.25, 0.3) is 10.9 Å². The van der Waals surface area contributed by atoms with Crippen molar-refractivity contribution in [3.8, 4) is 11.5 Å². The van der Waals surface area contributed by atoms with E-state index in [-0.39, 0.29) is 6.61 Å². The third-order valence-electron chi connectivity index (χ3n) is 4.95. The normalized spacial score (nSPS) is 12.7. The Bertz CT molecular complexity index is 1070. The predicted molar refractivity (Wildman–Crippen MR) is 131 cm³/mol. The number of aromatic nitrogens is 2. The molecule has 32 heavy (non-hydrogen) atoms. The monoisotopic (exact) mass is 453 g/mol. The largest absolute Gasteiger partial charge is 0.457 e. The number of rotatable bonds is 11. The predicted octanol–water partition coefficient (Wildman–Crippen LogP) is 3.81. The molecule has 7 nitrogen and oxygen atoms in total. The smallest absolute Gasteiger partial charge is 0.238 e. The molecule has 0 aliphatic rings. The van der Waals surface area contributed by atoms with Crippen molar-refractivity contribution in [1.82, 2.24) is 5.10 Å². The van der Waals surface area contributed by atoms with E-state index < -0.39 is 8.07 Å². The number of hydrogen-bond donors (Lipinski definition) is 3. The number of nitrogens with one attached hydrogen (secondary N) is 1. The van der Waals surface area contributed by atoms with E-state index in [9.17, 15) is 0 Å². The second-order valence-corrected chi connectivity index (χ2v) is 14.4. The van der Waals surface area contributed by atoms with Crippen molar-refractivity contribution in [2.45, 2.75) is 32.2 Å². The molecule has 0 aliphatic carbocycles. The molecule has 3 aromatic rings. The Balaban J connectivity index is 1.64. The van der Waals surface area contributed by atoms with Gasteiger partial charge in [0, 0.05) is 26.3 Å². The van der Waals surface area contributed by atoms with Gasteiger partial charge in [-0.1, -0.05) is 19.6 Å². The van der Waals surface area contributed by atoms with Crippen LogP contribution in [0.4, 0.5) is 0 Å². The van der Waals surface area contributed by atoms with Crippen LogP contribution in [-0.4, -0.2) is 43.9 Å². The average molecular weight is 454 g/mol. The molecule has 170 valence electrons. The highest BCUT2D eigenvalue weighted by molar-refractivity contribution is 6.76. The number of ether oxygens (including phenoxy) is 2. The van der Waals surface area contributed by atoms with Crippen LogP contribution in [0, 0.1) is 0 Å². The number of allylic oxidation sites excluding steroid dienone is 1. The molecule has 0 radical (unpaired) electrons. The maximum atomic E-state index is 9.15. The first-order valence-corrected chi connectivity index (χ1v) is 14.5. The summed E-state index contributed by atoms with van der Waals surface area (Å²) in [5, 5.41) is 13.3. The molecule has 1 aromatic heterocycles. The molecule has 2 aromatic carbocycles. The topological polar surface area (TPSA) is 96.7 Å².